The maximum atomic E-state index is 13.5. The van der Waals surface area contributed by atoms with Crippen LogP contribution in [0, 0.1) is 6.92 Å². The van der Waals surface area contributed by atoms with Crippen LogP contribution in [0.25, 0.3) is 11.4 Å². The summed E-state index contributed by atoms with van der Waals surface area (Å²) in [6, 6.07) is 19.1. The monoisotopic (exact) mass is 487 g/mol. The first kappa shape index (κ1) is 22.9. The third-order valence-electron chi connectivity index (χ3n) is 5.97. The number of aromatic nitrogens is 3. The Labute approximate surface area is 207 Å². The minimum Gasteiger partial charge on any atom is -0.467 e. The molecule has 9 heteroatoms. The zero-order valence-corrected chi connectivity index (χ0v) is 20.5. The molecule has 0 saturated heterocycles. The highest BCUT2D eigenvalue weighted by molar-refractivity contribution is 7.99. The van der Waals surface area contributed by atoms with Crippen molar-refractivity contribution in [3.8, 4) is 11.4 Å². The first-order chi connectivity index (χ1) is 16.8. The minimum atomic E-state index is -1.03. The fourth-order valence-electron chi connectivity index (χ4n) is 4.18. The number of amides is 2. The molecule has 8 nitrogen and oxygen atoms in total. The summed E-state index contributed by atoms with van der Waals surface area (Å²) >= 11 is 1.29. The van der Waals surface area contributed by atoms with Gasteiger partial charge in [-0.05, 0) is 51.1 Å². The van der Waals surface area contributed by atoms with Gasteiger partial charge in [-0.15, -0.1) is 10.2 Å². The van der Waals surface area contributed by atoms with Gasteiger partial charge >= 0.3 is 0 Å². The molecule has 2 amide bonds. The summed E-state index contributed by atoms with van der Waals surface area (Å²) in [5.74, 6) is 1.14. The fraction of sp³-hybridized carbons (Fsp3) is 0.231. The van der Waals surface area contributed by atoms with E-state index in [1.54, 1.807) is 31.1 Å². The minimum absolute atomic E-state index is 0.0924. The molecule has 0 radical (unpaired) electrons. The summed E-state index contributed by atoms with van der Waals surface area (Å²) in [6.45, 7) is 5.95. The van der Waals surface area contributed by atoms with Crippen LogP contribution in [0.15, 0.2) is 76.5 Å². The quantitative estimate of drug-likeness (QED) is 0.395. The highest BCUT2D eigenvalue weighted by Gasteiger charge is 2.43. The number of hydrogen-bond acceptors (Lipinski definition) is 6. The predicted octanol–water partition coefficient (Wildman–Crippen LogP) is 4.75. The number of fused-ring (bicyclic) bond motifs is 1. The summed E-state index contributed by atoms with van der Waals surface area (Å²) < 4.78 is 7.52. The van der Waals surface area contributed by atoms with E-state index in [2.05, 4.69) is 15.5 Å². The Balaban J connectivity index is 1.45. The number of nitrogens with one attached hydrogen (secondary N) is 1. The molecule has 2 aromatic heterocycles. The molecule has 0 bridgehead atoms. The highest BCUT2D eigenvalue weighted by atomic mass is 32.2. The van der Waals surface area contributed by atoms with Gasteiger partial charge in [-0.2, -0.15) is 0 Å². The standard InChI is InChI=1S/C26H25N5O3S/c1-17-8-6-9-18(14-17)23-28-29-25(30(23)15-19-10-7-13-34-19)35-16-22(32)31-21-12-5-4-11-20(21)27-24(33)26(31,2)3/h4-14H,15-16H2,1-3H3,(H,27,33). The van der Waals surface area contributed by atoms with Crippen LogP contribution in [0.5, 0.6) is 0 Å². The van der Waals surface area contributed by atoms with Gasteiger partial charge in [0, 0.05) is 5.56 Å². The Morgan fingerprint density at radius 3 is 2.69 bits per heavy atom. The molecule has 3 heterocycles. The molecule has 0 atom stereocenters. The molecule has 1 aliphatic rings. The van der Waals surface area contributed by atoms with Crippen LogP contribution < -0.4 is 10.2 Å². The first-order valence-electron chi connectivity index (χ1n) is 11.2. The number of nitrogens with zero attached hydrogens (tertiary/aromatic N) is 4. The van der Waals surface area contributed by atoms with E-state index in [4.69, 9.17) is 4.42 Å². The maximum absolute atomic E-state index is 13.5. The Morgan fingerprint density at radius 1 is 1.09 bits per heavy atom. The number of rotatable bonds is 6. The molecule has 0 fully saturated rings. The van der Waals surface area contributed by atoms with Crippen molar-refractivity contribution in [2.24, 2.45) is 0 Å². The molecule has 178 valence electrons. The second-order valence-electron chi connectivity index (χ2n) is 8.89. The first-order valence-corrected chi connectivity index (χ1v) is 12.2. The molecule has 0 saturated carbocycles. The van der Waals surface area contributed by atoms with Gasteiger partial charge in [-0.1, -0.05) is 47.7 Å². The van der Waals surface area contributed by atoms with E-state index in [-0.39, 0.29) is 17.6 Å². The lowest BCUT2D eigenvalue weighted by Gasteiger charge is -2.42. The zero-order valence-electron chi connectivity index (χ0n) is 19.7. The lowest BCUT2D eigenvalue weighted by Crippen LogP contribution is -2.59. The van der Waals surface area contributed by atoms with Crippen LogP contribution >= 0.6 is 11.8 Å². The molecule has 1 N–H and O–H groups in total. The second kappa shape index (κ2) is 9.07. The third-order valence-corrected chi connectivity index (χ3v) is 6.92. The predicted molar refractivity (Wildman–Crippen MR) is 135 cm³/mol. The van der Waals surface area contributed by atoms with E-state index < -0.39 is 5.54 Å². The number of furan rings is 1. The van der Waals surface area contributed by atoms with Crippen molar-refractivity contribution >= 4 is 35.0 Å². The Hall–Kier alpha value is -3.85. The van der Waals surface area contributed by atoms with Crippen molar-refractivity contribution in [3.05, 3.63) is 78.3 Å². The van der Waals surface area contributed by atoms with Crippen molar-refractivity contribution in [1.82, 2.24) is 14.8 Å². The topological polar surface area (TPSA) is 93.3 Å². The van der Waals surface area contributed by atoms with Crippen molar-refractivity contribution in [2.75, 3.05) is 16.0 Å². The van der Waals surface area contributed by atoms with Gasteiger partial charge in [0.25, 0.3) is 0 Å². The van der Waals surface area contributed by atoms with Crippen LogP contribution in [0.4, 0.5) is 11.4 Å². The van der Waals surface area contributed by atoms with Crippen molar-refractivity contribution < 1.29 is 14.0 Å². The lowest BCUT2D eigenvalue weighted by atomic mass is 9.96. The number of hydrogen-bond donors (Lipinski definition) is 1. The van der Waals surface area contributed by atoms with Crippen LogP contribution in [0.2, 0.25) is 0 Å². The van der Waals surface area contributed by atoms with Crippen LogP contribution in [-0.4, -0.2) is 37.9 Å². The Morgan fingerprint density at radius 2 is 1.91 bits per heavy atom. The molecule has 35 heavy (non-hydrogen) atoms. The molecular weight excluding hydrogens is 462 g/mol. The van der Waals surface area contributed by atoms with Crippen molar-refractivity contribution in [1.29, 1.82) is 0 Å². The van der Waals surface area contributed by atoms with Crippen LogP contribution in [0.3, 0.4) is 0 Å². The second-order valence-corrected chi connectivity index (χ2v) is 9.83. The Kier molecular flexibility index (Phi) is 5.94. The number of carbonyl (C=O) groups is 2. The number of benzene rings is 2. The largest absolute Gasteiger partial charge is 0.467 e. The van der Waals surface area contributed by atoms with Gasteiger partial charge in [-0.25, -0.2) is 0 Å². The number of aryl methyl sites for hydroxylation is 1. The molecule has 1 aliphatic heterocycles. The SMILES string of the molecule is Cc1cccc(-c2nnc(SCC(=O)N3c4ccccc4NC(=O)C3(C)C)n2Cc2ccco2)c1. The average Bonchev–Trinajstić information content (AvgIpc) is 3.48. The van der Waals surface area contributed by atoms with E-state index in [0.29, 0.717) is 28.9 Å². The van der Waals surface area contributed by atoms with Gasteiger partial charge in [0.1, 0.15) is 11.3 Å². The summed E-state index contributed by atoms with van der Waals surface area (Å²) in [5.41, 5.74) is 2.33. The van der Waals surface area contributed by atoms with Gasteiger partial charge in [0.2, 0.25) is 11.8 Å². The normalized spacial score (nSPS) is 14.5. The number of thioether (sulfide) groups is 1. The van der Waals surface area contributed by atoms with Gasteiger partial charge in [-0.3, -0.25) is 19.1 Å². The zero-order chi connectivity index (χ0) is 24.6. The van der Waals surface area contributed by atoms with E-state index in [1.165, 1.54) is 11.8 Å². The van der Waals surface area contributed by atoms with Crippen LogP contribution in [0.1, 0.15) is 25.2 Å². The molecule has 0 unspecified atom stereocenters. The highest BCUT2D eigenvalue weighted by Crippen LogP contribution is 2.37. The third kappa shape index (κ3) is 4.35. The summed E-state index contributed by atoms with van der Waals surface area (Å²) in [7, 11) is 0. The van der Waals surface area contributed by atoms with E-state index in [9.17, 15) is 9.59 Å². The molecule has 5 rings (SSSR count). The number of anilines is 2. The fourth-order valence-corrected chi connectivity index (χ4v) is 4.97. The molecule has 2 aromatic carbocycles. The molecule has 0 aliphatic carbocycles. The molecule has 4 aromatic rings. The average molecular weight is 488 g/mol. The van der Waals surface area contributed by atoms with Gasteiger partial charge in [0.15, 0.2) is 11.0 Å². The van der Waals surface area contributed by atoms with E-state index in [0.717, 1.165) is 16.9 Å². The summed E-state index contributed by atoms with van der Waals surface area (Å²) in [6.07, 6.45) is 1.63. The Bertz CT molecular complexity index is 1390. The van der Waals surface area contributed by atoms with Crippen molar-refractivity contribution in [2.45, 2.75) is 38.0 Å². The molecular formula is C26H25N5O3S. The van der Waals surface area contributed by atoms with Gasteiger partial charge in [0.05, 0.1) is 29.9 Å². The smallest absolute Gasteiger partial charge is 0.250 e. The van der Waals surface area contributed by atoms with Crippen LogP contribution in [-0.2, 0) is 16.1 Å². The number of para-hydroxylation sites is 2. The maximum Gasteiger partial charge on any atom is 0.250 e. The van der Waals surface area contributed by atoms with Gasteiger partial charge < -0.3 is 9.73 Å². The van der Waals surface area contributed by atoms with E-state index in [1.807, 2.05) is 66.1 Å². The van der Waals surface area contributed by atoms with E-state index >= 15 is 0 Å². The lowest BCUT2D eigenvalue weighted by molar-refractivity contribution is -0.125. The molecule has 0 spiro atoms. The summed E-state index contributed by atoms with van der Waals surface area (Å²) in [5, 5.41) is 12.3. The summed E-state index contributed by atoms with van der Waals surface area (Å²) in [4.78, 5) is 27.8. The van der Waals surface area contributed by atoms with Crippen molar-refractivity contribution in [3.63, 3.8) is 0 Å². The number of carbonyl (C=O) groups excluding carboxylic acids is 2.